The topological polar surface area (TPSA) is 79.7 Å². The summed E-state index contributed by atoms with van der Waals surface area (Å²) in [6.07, 6.45) is 3.23. The van der Waals surface area contributed by atoms with Gasteiger partial charge in [-0.3, -0.25) is 9.59 Å². The number of aromatic nitrogens is 1. The van der Waals surface area contributed by atoms with Gasteiger partial charge in [-0.1, -0.05) is 60.2 Å². The largest absolute Gasteiger partial charge is 0.336 e. The summed E-state index contributed by atoms with van der Waals surface area (Å²) in [5.74, 6) is -0.375. The van der Waals surface area contributed by atoms with Crippen LogP contribution in [0.3, 0.4) is 0 Å². The van der Waals surface area contributed by atoms with E-state index in [2.05, 4.69) is 0 Å². The molecule has 1 fully saturated rings. The number of sulfonamides is 1. The Labute approximate surface area is 199 Å². The Bertz CT molecular complexity index is 1360. The minimum absolute atomic E-state index is 0.0930. The number of pyridine rings is 1. The lowest BCUT2D eigenvalue weighted by Gasteiger charge is -2.33. The third kappa shape index (κ3) is 5.52. The quantitative estimate of drug-likeness (QED) is 0.547. The number of aryl methyl sites for hydroxylation is 1. The first kappa shape index (κ1) is 23.7. The minimum atomic E-state index is -3.60. The molecule has 8 heteroatoms. The number of carbonyl (C=O) groups excluding carboxylic acids is 1. The predicted octanol–water partition coefficient (Wildman–Crippen LogP) is 2.96. The van der Waals surface area contributed by atoms with Crippen LogP contribution in [0, 0.1) is 6.92 Å². The molecular formula is C26H27N3O4S. The number of amides is 1. The Balaban J connectivity index is 1.42. The number of nitrogens with zero attached hydrogens (tertiary/aromatic N) is 3. The second-order valence-corrected chi connectivity index (χ2v) is 10.1. The summed E-state index contributed by atoms with van der Waals surface area (Å²) in [7, 11) is -3.60. The van der Waals surface area contributed by atoms with Gasteiger partial charge < -0.3 is 9.47 Å². The molecule has 2 heterocycles. The predicted molar refractivity (Wildman–Crippen MR) is 133 cm³/mol. The molecule has 3 aromatic rings. The highest BCUT2D eigenvalue weighted by atomic mass is 32.2. The third-order valence-electron chi connectivity index (χ3n) is 5.80. The third-order valence-corrected chi connectivity index (χ3v) is 7.37. The molecule has 0 radical (unpaired) electrons. The highest BCUT2D eigenvalue weighted by Crippen LogP contribution is 2.13. The van der Waals surface area contributed by atoms with Crippen LogP contribution in [0.25, 0.3) is 6.08 Å². The van der Waals surface area contributed by atoms with E-state index in [-0.39, 0.29) is 43.2 Å². The fourth-order valence-electron chi connectivity index (χ4n) is 3.96. The van der Waals surface area contributed by atoms with Crippen molar-refractivity contribution in [2.45, 2.75) is 13.5 Å². The Morgan fingerprint density at radius 3 is 2.38 bits per heavy atom. The van der Waals surface area contributed by atoms with Gasteiger partial charge >= 0.3 is 0 Å². The average Bonchev–Trinajstić information content (AvgIpc) is 2.84. The Morgan fingerprint density at radius 1 is 0.941 bits per heavy atom. The normalized spacial score (nSPS) is 15.0. The maximum absolute atomic E-state index is 13.1. The molecule has 7 nitrogen and oxygen atoms in total. The van der Waals surface area contributed by atoms with Crippen LogP contribution in [0.4, 0.5) is 0 Å². The number of piperazine rings is 1. The van der Waals surface area contributed by atoms with Crippen molar-refractivity contribution in [2.75, 3.05) is 26.2 Å². The van der Waals surface area contributed by atoms with Gasteiger partial charge in [0, 0.05) is 37.8 Å². The van der Waals surface area contributed by atoms with Crippen LogP contribution in [0.5, 0.6) is 0 Å². The molecule has 4 rings (SSSR count). The van der Waals surface area contributed by atoms with Crippen molar-refractivity contribution in [2.24, 2.45) is 0 Å². The fourth-order valence-corrected chi connectivity index (χ4v) is 5.14. The molecule has 0 bridgehead atoms. The van der Waals surface area contributed by atoms with E-state index in [9.17, 15) is 18.0 Å². The summed E-state index contributed by atoms with van der Waals surface area (Å²) >= 11 is 0. The van der Waals surface area contributed by atoms with Crippen LogP contribution in [-0.2, 0) is 16.6 Å². The van der Waals surface area contributed by atoms with Gasteiger partial charge in [-0.05, 0) is 36.3 Å². The van der Waals surface area contributed by atoms with Gasteiger partial charge in [-0.25, -0.2) is 8.42 Å². The van der Waals surface area contributed by atoms with E-state index >= 15 is 0 Å². The zero-order valence-electron chi connectivity index (χ0n) is 19.0. The Hall–Kier alpha value is -3.49. The molecule has 1 aliphatic rings. The smallest absolute Gasteiger partial charge is 0.263 e. The summed E-state index contributed by atoms with van der Waals surface area (Å²) < 4.78 is 28.3. The van der Waals surface area contributed by atoms with E-state index in [4.69, 9.17) is 0 Å². The SMILES string of the molecule is Cc1cccc(Cn2cccc(C(=O)N3CCN(S(=O)(=O)/C=C/c4ccccc4)CC3)c2=O)c1. The first-order valence-electron chi connectivity index (χ1n) is 11.1. The molecule has 34 heavy (non-hydrogen) atoms. The lowest BCUT2D eigenvalue weighted by molar-refractivity contribution is 0.0696. The van der Waals surface area contributed by atoms with E-state index in [1.807, 2.05) is 61.5 Å². The summed E-state index contributed by atoms with van der Waals surface area (Å²) in [5, 5.41) is 1.20. The van der Waals surface area contributed by atoms with Gasteiger partial charge in [0.1, 0.15) is 5.56 Å². The summed E-state index contributed by atoms with van der Waals surface area (Å²) in [6.45, 7) is 3.17. The van der Waals surface area contributed by atoms with E-state index < -0.39 is 10.0 Å². The molecule has 1 amide bonds. The fraction of sp³-hybridized carbons (Fsp3) is 0.231. The van der Waals surface area contributed by atoms with Crippen LogP contribution in [0.1, 0.15) is 27.0 Å². The second-order valence-electron chi connectivity index (χ2n) is 8.29. The van der Waals surface area contributed by atoms with Crippen molar-refractivity contribution in [3.8, 4) is 0 Å². The minimum Gasteiger partial charge on any atom is -0.336 e. The number of benzene rings is 2. The number of hydrogen-bond acceptors (Lipinski definition) is 4. The summed E-state index contributed by atoms with van der Waals surface area (Å²) in [6, 6.07) is 20.3. The van der Waals surface area contributed by atoms with Crippen LogP contribution in [0.15, 0.2) is 83.1 Å². The zero-order chi connectivity index (χ0) is 24.1. The molecule has 2 aromatic carbocycles. The summed E-state index contributed by atoms with van der Waals surface area (Å²) in [5.41, 5.74) is 2.62. The van der Waals surface area contributed by atoms with Crippen LogP contribution in [-0.4, -0.2) is 54.3 Å². The second kappa shape index (κ2) is 10.2. The van der Waals surface area contributed by atoms with Gasteiger partial charge in [-0.2, -0.15) is 4.31 Å². The molecule has 0 atom stereocenters. The zero-order valence-corrected chi connectivity index (χ0v) is 19.8. The molecule has 176 valence electrons. The van der Waals surface area contributed by atoms with Gasteiger partial charge in [0.2, 0.25) is 10.0 Å². The van der Waals surface area contributed by atoms with E-state index in [1.54, 1.807) is 23.2 Å². The first-order valence-corrected chi connectivity index (χ1v) is 12.6. The Kier molecular flexibility index (Phi) is 7.09. The van der Waals surface area contributed by atoms with Crippen molar-refractivity contribution < 1.29 is 13.2 Å². The number of rotatable bonds is 6. The van der Waals surface area contributed by atoms with Crippen molar-refractivity contribution in [1.82, 2.24) is 13.8 Å². The maximum Gasteiger partial charge on any atom is 0.263 e. The first-order chi connectivity index (χ1) is 16.3. The van der Waals surface area contributed by atoms with Crippen molar-refractivity contribution >= 4 is 22.0 Å². The monoisotopic (exact) mass is 477 g/mol. The standard InChI is InChI=1S/C26H27N3O4S/c1-21-7-5-10-23(19-21)20-28-13-6-11-24(26(28)31)25(30)27-14-16-29(17-15-27)34(32,33)18-12-22-8-3-2-4-9-22/h2-13,18-19H,14-17,20H2,1H3/b18-12+. The molecule has 0 aliphatic carbocycles. The highest BCUT2D eigenvalue weighted by molar-refractivity contribution is 7.92. The Morgan fingerprint density at radius 2 is 1.68 bits per heavy atom. The summed E-state index contributed by atoms with van der Waals surface area (Å²) in [4.78, 5) is 27.6. The molecule has 1 saturated heterocycles. The molecule has 1 aromatic heterocycles. The van der Waals surface area contributed by atoms with Crippen molar-refractivity contribution in [1.29, 1.82) is 0 Å². The van der Waals surface area contributed by atoms with Gasteiger partial charge in [0.25, 0.3) is 11.5 Å². The van der Waals surface area contributed by atoms with E-state index in [1.165, 1.54) is 20.3 Å². The lowest BCUT2D eigenvalue weighted by atomic mass is 10.1. The average molecular weight is 478 g/mol. The van der Waals surface area contributed by atoms with Gasteiger partial charge in [-0.15, -0.1) is 0 Å². The molecule has 0 saturated carbocycles. The molecule has 0 N–H and O–H groups in total. The highest BCUT2D eigenvalue weighted by Gasteiger charge is 2.29. The molecule has 0 unspecified atom stereocenters. The van der Waals surface area contributed by atoms with Gasteiger partial charge in [0.15, 0.2) is 0 Å². The van der Waals surface area contributed by atoms with Gasteiger partial charge in [0.05, 0.1) is 6.54 Å². The number of carbonyl (C=O) groups is 1. The lowest BCUT2D eigenvalue weighted by Crippen LogP contribution is -2.51. The van der Waals surface area contributed by atoms with Crippen molar-refractivity contribution in [3.05, 3.63) is 111 Å². The van der Waals surface area contributed by atoms with Crippen LogP contribution >= 0.6 is 0 Å². The van der Waals surface area contributed by atoms with Crippen LogP contribution < -0.4 is 5.56 Å². The van der Waals surface area contributed by atoms with E-state index in [0.717, 1.165) is 16.7 Å². The molecule has 1 aliphatic heterocycles. The number of hydrogen-bond donors (Lipinski definition) is 0. The van der Waals surface area contributed by atoms with Crippen molar-refractivity contribution in [3.63, 3.8) is 0 Å². The van der Waals surface area contributed by atoms with Crippen LogP contribution in [0.2, 0.25) is 0 Å². The molecular weight excluding hydrogens is 450 g/mol. The molecule has 0 spiro atoms. The maximum atomic E-state index is 13.1. The van der Waals surface area contributed by atoms with E-state index in [0.29, 0.717) is 6.54 Å².